The van der Waals surface area contributed by atoms with E-state index < -0.39 is 9.28 Å². The van der Waals surface area contributed by atoms with Gasteiger partial charge in [-0.15, -0.1) is 0 Å². The minimum absolute atomic E-state index is 0.185. The number of phenolic OH excluding ortho intramolecular Hbond substituents is 1. The highest BCUT2D eigenvalue weighted by Gasteiger charge is 2.19. The van der Waals surface area contributed by atoms with Crippen LogP contribution in [0, 0.1) is 0 Å². The highest BCUT2D eigenvalue weighted by Crippen LogP contribution is 2.29. The molecule has 4 heteroatoms. The van der Waals surface area contributed by atoms with E-state index in [0.29, 0.717) is 5.75 Å². The second kappa shape index (κ2) is 13.7. The normalized spacial score (nSPS) is 11.7. The van der Waals surface area contributed by atoms with E-state index in [4.69, 9.17) is 8.85 Å². The Morgan fingerprint density at radius 3 is 2.10 bits per heavy atom. The summed E-state index contributed by atoms with van der Waals surface area (Å²) in [5.41, 5.74) is 5.02. The summed E-state index contributed by atoms with van der Waals surface area (Å²) in [6.07, 6.45) is 8.58. The van der Waals surface area contributed by atoms with Crippen molar-refractivity contribution in [1.82, 2.24) is 0 Å². The summed E-state index contributed by atoms with van der Waals surface area (Å²) in [4.78, 5) is 0. The lowest BCUT2D eigenvalue weighted by Gasteiger charge is -2.20. The summed E-state index contributed by atoms with van der Waals surface area (Å²) in [5.74, 6) is 0.327. The van der Waals surface area contributed by atoms with Crippen LogP contribution in [0.5, 0.6) is 5.75 Å². The highest BCUT2D eigenvalue weighted by molar-refractivity contribution is 6.44. The van der Waals surface area contributed by atoms with E-state index in [2.05, 4.69) is 58.9 Å². The van der Waals surface area contributed by atoms with Gasteiger partial charge in [0.1, 0.15) is 5.75 Å². The van der Waals surface area contributed by atoms with Gasteiger partial charge in [-0.3, -0.25) is 0 Å². The molecule has 2 aromatic rings. The molecule has 0 unspecified atom stereocenters. The third-order valence-electron chi connectivity index (χ3n) is 5.23. The predicted molar refractivity (Wildman–Crippen MR) is 133 cm³/mol. The van der Waals surface area contributed by atoms with Gasteiger partial charge in [0.05, 0.1) is 0 Å². The van der Waals surface area contributed by atoms with Crippen LogP contribution in [0.25, 0.3) is 11.1 Å². The Hall–Kier alpha value is -1.62. The number of aryl methyl sites for hydroxylation is 2. The quantitative estimate of drug-likeness (QED) is 0.244. The molecule has 3 nitrogen and oxygen atoms in total. The van der Waals surface area contributed by atoms with Crippen LogP contribution in [0.4, 0.5) is 0 Å². The fraction of sp³-hybridized carbons (Fsp3) is 0.556. The van der Waals surface area contributed by atoms with Gasteiger partial charge in [0.15, 0.2) is 0 Å². The topological polar surface area (TPSA) is 38.7 Å². The van der Waals surface area contributed by atoms with Crippen LogP contribution in [-0.4, -0.2) is 26.6 Å². The standard InChI is InChI=1S/C27H41O3Si/c1-6-7-8-9-11-23-13-15-24(16-14-23)27-18-17-26(28)20-25(27)12-10-19-31(29-21(2)3)30-22(4)5/h13-18,20-22,28H,6-12,19H2,1-5H3. The smallest absolute Gasteiger partial charge is 0.385 e. The highest BCUT2D eigenvalue weighted by atomic mass is 28.3. The first-order chi connectivity index (χ1) is 14.9. The van der Waals surface area contributed by atoms with E-state index in [1.165, 1.54) is 47.9 Å². The zero-order valence-corrected chi connectivity index (χ0v) is 21.1. The fourth-order valence-electron chi connectivity index (χ4n) is 3.77. The van der Waals surface area contributed by atoms with E-state index in [0.717, 1.165) is 25.3 Å². The number of benzene rings is 2. The summed E-state index contributed by atoms with van der Waals surface area (Å²) in [6, 6.07) is 15.6. The molecule has 0 aromatic heterocycles. The van der Waals surface area contributed by atoms with Crippen molar-refractivity contribution in [2.24, 2.45) is 0 Å². The number of aromatic hydroxyl groups is 1. The van der Waals surface area contributed by atoms with Crippen LogP contribution in [0.15, 0.2) is 42.5 Å². The van der Waals surface area contributed by atoms with Crippen LogP contribution in [0.1, 0.15) is 77.8 Å². The Kier molecular flexibility index (Phi) is 11.3. The minimum Gasteiger partial charge on any atom is -0.508 e. The van der Waals surface area contributed by atoms with Crippen LogP contribution in [0.2, 0.25) is 6.04 Å². The van der Waals surface area contributed by atoms with Gasteiger partial charge >= 0.3 is 9.28 Å². The number of unbranched alkanes of at least 4 members (excludes halogenated alkanes) is 3. The van der Waals surface area contributed by atoms with Crippen molar-refractivity contribution >= 4 is 9.28 Å². The maximum Gasteiger partial charge on any atom is 0.385 e. The van der Waals surface area contributed by atoms with Gasteiger partial charge in [0, 0.05) is 12.2 Å². The van der Waals surface area contributed by atoms with E-state index >= 15 is 0 Å². The van der Waals surface area contributed by atoms with Crippen molar-refractivity contribution < 1.29 is 14.0 Å². The van der Waals surface area contributed by atoms with Gasteiger partial charge in [0.2, 0.25) is 0 Å². The molecule has 1 radical (unpaired) electrons. The van der Waals surface area contributed by atoms with E-state index in [9.17, 15) is 5.11 Å². The van der Waals surface area contributed by atoms with Crippen LogP contribution >= 0.6 is 0 Å². The Morgan fingerprint density at radius 1 is 0.806 bits per heavy atom. The molecule has 0 spiro atoms. The van der Waals surface area contributed by atoms with Gasteiger partial charge < -0.3 is 14.0 Å². The largest absolute Gasteiger partial charge is 0.508 e. The lowest BCUT2D eigenvalue weighted by molar-refractivity contribution is 0.129. The number of hydrogen-bond donors (Lipinski definition) is 1. The second-order valence-corrected chi connectivity index (χ2v) is 10.6. The monoisotopic (exact) mass is 441 g/mol. The third kappa shape index (κ3) is 9.59. The Labute approximate surface area is 191 Å². The van der Waals surface area contributed by atoms with Crippen LogP contribution < -0.4 is 0 Å². The van der Waals surface area contributed by atoms with Crippen molar-refractivity contribution in [2.45, 2.75) is 97.8 Å². The summed E-state index contributed by atoms with van der Waals surface area (Å²) >= 11 is 0. The fourth-order valence-corrected chi connectivity index (χ4v) is 5.58. The van der Waals surface area contributed by atoms with Crippen molar-refractivity contribution in [1.29, 1.82) is 0 Å². The first-order valence-corrected chi connectivity index (χ1v) is 13.5. The molecule has 0 saturated heterocycles. The number of hydrogen-bond acceptors (Lipinski definition) is 3. The predicted octanol–water partition coefficient (Wildman–Crippen LogP) is 7.45. The van der Waals surface area contributed by atoms with Crippen molar-refractivity contribution in [2.75, 3.05) is 0 Å². The van der Waals surface area contributed by atoms with Gasteiger partial charge in [0.25, 0.3) is 0 Å². The molecule has 2 aromatic carbocycles. The van der Waals surface area contributed by atoms with Gasteiger partial charge in [-0.05, 0) is 93.8 Å². The molecule has 0 fully saturated rings. The molecule has 0 aliphatic rings. The lowest BCUT2D eigenvalue weighted by Crippen LogP contribution is -2.29. The average Bonchev–Trinajstić information content (AvgIpc) is 2.71. The van der Waals surface area contributed by atoms with Gasteiger partial charge in [-0.25, -0.2) is 0 Å². The Morgan fingerprint density at radius 2 is 1.48 bits per heavy atom. The minimum atomic E-state index is -1.28. The van der Waals surface area contributed by atoms with Crippen LogP contribution in [0.3, 0.4) is 0 Å². The molecule has 0 atom stereocenters. The molecule has 0 aliphatic heterocycles. The Balaban J connectivity index is 2.03. The molecule has 2 rings (SSSR count). The van der Waals surface area contributed by atoms with Crippen molar-refractivity contribution in [3.63, 3.8) is 0 Å². The van der Waals surface area contributed by atoms with Crippen LogP contribution in [-0.2, 0) is 21.7 Å². The third-order valence-corrected chi connectivity index (χ3v) is 7.46. The molecule has 0 amide bonds. The van der Waals surface area contributed by atoms with E-state index in [1.807, 2.05) is 12.1 Å². The molecule has 0 saturated carbocycles. The van der Waals surface area contributed by atoms with E-state index in [-0.39, 0.29) is 12.2 Å². The SMILES string of the molecule is CCCCCCc1ccc(-c2ccc(O)cc2CCC[Si](OC(C)C)OC(C)C)cc1. The summed E-state index contributed by atoms with van der Waals surface area (Å²) in [7, 11) is -1.28. The summed E-state index contributed by atoms with van der Waals surface area (Å²) in [5, 5.41) is 10.1. The molecular weight excluding hydrogens is 400 g/mol. The summed E-state index contributed by atoms with van der Waals surface area (Å²) < 4.78 is 12.1. The zero-order valence-electron chi connectivity index (χ0n) is 20.1. The summed E-state index contributed by atoms with van der Waals surface area (Å²) in [6.45, 7) is 10.5. The van der Waals surface area contributed by atoms with Gasteiger partial charge in [-0.1, -0.05) is 56.5 Å². The number of rotatable bonds is 14. The molecule has 1 N–H and O–H groups in total. The molecular formula is C27H41O3Si. The lowest BCUT2D eigenvalue weighted by atomic mass is 9.95. The molecule has 171 valence electrons. The van der Waals surface area contributed by atoms with E-state index in [1.54, 1.807) is 6.07 Å². The molecule has 0 heterocycles. The van der Waals surface area contributed by atoms with Crippen molar-refractivity contribution in [3.8, 4) is 16.9 Å². The maximum absolute atomic E-state index is 10.1. The maximum atomic E-state index is 10.1. The number of phenols is 1. The molecule has 0 bridgehead atoms. The van der Waals surface area contributed by atoms with Crippen molar-refractivity contribution in [3.05, 3.63) is 53.6 Å². The average molecular weight is 442 g/mol. The Bertz CT molecular complexity index is 746. The first-order valence-electron chi connectivity index (χ1n) is 12.0. The van der Waals surface area contributed by atoms with Gasteiger partial charge in [-0.2, -0.15) is 0 Å². The zero-order chi connectivity index (χ0) is 22.6. The molecule has 0 aliphatic carbocycles. The molecule has 31 heavy (non-hydrogen) atoms. The second-order valence-electron chi connectivity index (χ2n) is 8.91. The first kappa shape index (κ1) is 25.6.